The van der Waals surface area contributed by atoms with Crippen LogP contribution in [-0.4, -0.2) is 10.8 Å². The van der Waals surface area contributed by atoms with Crippen molar-refractivity contribution < 1.29 is 13.6 Å². The first-order valence-electron chi connectivity index (χ1n) is 6.92. The van der Waals surface area contributed by atoms with E-state index in [1.807, 2.05) is 17.5 Å². The van der Waals surface area contributed by atoms with E-state index in [1.165, 1.54) is 29.5 Å². The van der Waals surface area contributed by atoms with Gasteiger partial charge in [-0.3, -0.25) is 4.79 Å². The van der Waals surface area contributed by atoms with E-state index in [2.05, 4.69) is 0 Å². The van der Waals surface area contributed by atoms with Gasteiger partial charge in [0, 0.05) is 9.90 Å². The van der Waals surface area contributed by atoms with Gasteiger partial charge in [0.1, 0.15) is 11.6 Å². The molecule has 1 amide bonds. The van der Waals surface area contributed by atoms with Crippen molar-refractivity contribution in [3.8, 4) is 0 Å². The second kappa shape index (κ2) is 6.98. The molecule has 0 fully saturated rings. The fourth-order valence-electron chi connectivity index (χ4n) is 2.21. The summed E-state index contributed by atoms with van der Waals surface area (Å²) in [5, 5.41) is 2.26. The summed E-state index contributed by atoms with van der Waals surface area (Å²) in [6.07, 6.45) is 1.54. The largest absolute Gasteiger partial charge is 0.467 e. The number of carbonyl (C=O) groups excluding carboxylic acids is 1. The zero-order chi connectivity index (χ0) is 16.2. The highest BCUT2D eigenvalue weighted by Crippen LogP contribution is 2.21. The van der Waals surface area contributed by atoms with Gasteiger partial charge in [-0.25, -0.2) is 4.39 Å². The highest BCUT2D eigenvalue weighted by atomic mass is 35.5. The van der Waals surface area contributed by atoms with Gasteiger partial charge in [0.15, 0.2) is 0 Å². The average molecular weight is 350 g/mol. The minimum absolute atomic E-state index is 0.0411. The smallest absolute Gasteiger partial charge is 0.257 e. The van der Waals surface area contributed by atoms with E-state index < -0.39 is 11.7 Å². The highest BCUT2D eigenvalue weighted by Gasteiger charge is 2.21. The van der Waals surface area contributed by atoms with Crippen LogP contribution in [-0.2, 0) is 13.1 Å². The SMILES string of the molecule is O=C(c1cc(Cl)ccc1F)N(Cc1ccco1)Cc1cccs1. The molecule has 23 heavy (non-hydrogen) atoms. The Morgan fingerprint density at radius 1 is 1.22 bits per heavy atom. The highest BCUT2D eigenvalue weighted by molar-refractivity contribution is 7.09. The van der Waals surface area contributed by atoms with Gasteiger partial charge >= 0.3 is 0 Å². The normalized spacial score (nSPS) is 10.7. The van der Waals surface area contributed by atoms with Crippen molar-refractivity contribution in [1.82, 2.24) is 4.90 Å². The number of benzene rings is 1. The zero-order valence-electron chi connectivity index (χ0n) is 12.0. The summed E-state index contributed by atoms with van der Waals surface area (Å²) in [7, 11) is 0. The van der Waals surface area contributed by atoms with Crippen LogP contribution >= 0.6 is 22.9 Å². The van der Waals surface area contributed by atoms with Gasteiger partial charge in [0.05, 0.1) is 24.9 Å². The zero-order valence-corrected chi connectivity index (χ0v) is 13.6. The number of halogens is 2. The molecule has 0 saturated heterocycles. The van der Waals surface area contributed by atoms with E-state index in [1.54, 1.807) is 23.3 Å². The third kappa shape index (κ3) is 3.81. The number of hydrogen-bond acceptors (Lipinski definition) is 3. The predicted molar refractivity (Wildman–Crippen MR) is 88.0 cm³/mol. The number of thiophene rings is 1. The molecular weight excluding hydrogens is 337 g/mol. The monoisotopic (exact) mass is 349 g/mol. The lowest BCUT2D eigenvalue weighted by atomic mass is 10.1. The van der Waals surface area contributed by atoms with Gasteiger partial charge in [-0.05, 0) is 41.8 Å². The summed E-state index contributed by atoms with van der Waals surface area (Å²) in [4.78, 5) is 15.3. The van der Waals surface area contributed by atoms with E-state index in [4.69, 9.17) is 16.0 Å². The van der Waals surface area contributed by atoms with Crippen molar-refractivity contribution in [2.75, 3.05) is 0 Å². The fourth-order valence-corrected chi connectivity index (χ4v) is 3.10. The number of amides is 1. The number of rotatable bonds is 5. The number of hydrogen-bond donors (Lipinski definition) is 0. The molecule has 118 valence electrons. The van der Waals surface area contributed by atoms with Crippen LogP contribution in [0.15, 0.2) is 58.5 Å². The molecule has 0 unspecified atom stereocenters. The van der Waals surface area contributed by atoms with Gasteiger partial charge in [0.2, 0.25) is 0 Å². The van der Waals surface area contributed by atoms with Crippen molar-refractivity contribution in [2.45, 2.75) is 13.1 Å². The molecule has 0 atom stereocenters. The van der Waals surface area contributed by atoms with Gasteiger partial charge in [-0.15, -0.1) is 11.3 Å². The second-order valence-electron chi connectivity index (χ2n) is 4.94. The molecule has 0 aliphatic heterocycles. The molecule has 0 saturated carbocycles. The summed E-state index contributed by atoms with van der Waals surface area (Å²) in [5.74, 6) is -0.373. The maximum atomic E-state index is 14.0. The average Bonchev–Trinajstić information content (AvgIpc) is 3.22. The van der Waals surface area contributed by atoms with Gasteiger partial charge in [-0.1, -0.05) is 17.7 Å². The van der Waals surface area contributed by atoms with Gasteiger partial charge in [0.25, 0.3) is 5.91 Å². The van der Waals surface area contributed by atoms with E-state index in [9.17, 15) is 9.18 Å². The Bertz CT molecular complexity index is 751. The Kier molecular flexibility index (Phi) is 4.79. The Hall–Kier alpha value is -2.11. The molecule has 3 aromatic rings. The van der Waals surface area contributed by atoms with Crippen molar-refractivity contribution in [3.05, 3.63) is 81.1 Å². The number of carbonyl (C=O) groups is 1. The minimum Gasteiger partial charge on any atom is -0.467 e. The van der Waals surface area contributed by atoms with Crippen LogP contribution in [0.5, 0.6) is 0 Å². The lowest BCUT2D eigenvalue weighted by Crippen LogP contribution is -2.30. The van der Waals surface area contributed by atoms with Crippen LogP contribution in [0.4, 0.5) is 4.39 Å². The molecule has 2 heterocycles. The first-order valence-corrected chi connectivity index (χ1v) is 8.18. The Morgan fingerprint density at radius 3 is 2.78 bits per heavy atom. The summed E-state index contributed by atoms with van der Waals surface area (Å²) in [5.41, 5.74) is -0.0411. The molecule has 0 N–H and O–H groups in total. The topological polar surface area (TPSA) is 33.5 Å². The lowest BCUT2D eigenvalue weighted by Gasteiger charge is -2.21. The maximum absolute atomic E-state index is 14.0. The van der Waals surface area contributed by atoms with E-state index >= 15 is 0 Å². The van der Waals surface area contributed by atoms with Crippen LogP contribution in [0.1, 0.15) is 21.0 Å². The van der Waals surface area contributed by atoms with Gasteiger partial charge < -0.3 is 9.32 Å². The molecule has 6 heteroatoms. The third-order valence-electron chi connectivity index (χ3n) is 3.30. The Labute approximate surface area is 141 Å². The van der Waals surface area contributed by atoms with Crippen LogP contribution in [0.3, 0.4) is 0 Å². The molecule has 1 aromatic carbocycles. The molecule has 3 nitrogen and oxygen atoms in total. The van der Waals surface area contributed by atoms with E-state index in [0.717, 1.165) is 4.88 Å². The van der Waals surface area contributed by atoms with Crippen molar-refractivity contribution in [3.63, 3.8) is 0 Å². The third-order valence-corrected chi connectivity index (χ3v) is 4.40. The second-order valence-corrected chi connectivity index (χ2v) is 6.41. The summed E-state index contributed by atoms with van der Waals surface area (Å²) in [6.45, 7) is 0.638. The van der Waals surface area contributed by atoms with E-state index in [0.29, 0.717) is 17.3 Å². The molecule has 0 aliphatic carbocycles. The van der Waals surface area contributed by atoms with Crippen LogP contribution in [0.2, 0.25) is 5.02 Å². The molecule has 0 spiro atoms. The van der Waals surface area contributed by atoms with Gasteiger partial charge in [-0.2, -0.15) is 0 Å². The summed E-state index contributed by atoms with van der Waals surface area (Å²) < 4.78 is 19.3. The van der Waals surface area contributed by atoms with Crippen LogP contribution < -0.4 is 0 Å². The van der Waals surface area contributed by atoms with E-state index in [-0.39, 0.29) is 12.1 Å². The van der Waals surface area contributed by atoms with Crippen molar-refractivity contribution in [2.24, 2.45) is 0 Å². The number of nitrogens with zero attached hydrogens (tertiary/aromatic N) is 1. The van der Waals surface area contributed by atoms with Crippen LogP contribution in [0.25, 0.3) is 0 Å². The van der Waals surface area contributed by atoms with Crippen LogP contribution in [0, 0.1) is 5.82 Å². The molecule has 0 aliphatic rings. The first-order chi connectivity index (χ1) is 11.1. The van der Waals surface area contributed by atoms with Crippen molar-refractivity contribution >= 4 is 28.8 Å². The molecular formula is C17H13ClFNO2S. The maximum Gasteiger partial charge on any atom is 0.257 e. The summed E-state index contributed by atoms with van der Waals surface area (Å²) in [6, 6.07) is 11.3. The molecule has 2 aromatic heterocycles. The Morgan fingerprint density at radius 2 is 2.09 bits per heavy atom. The molecule has 0 bridgehead atoms. The quantitative estimate of drug-likeness (QED) is 0.651. The predicted octanol–water partition coefficient (Wildman–Crippen LogP) is 4.98. The number of furan rings is 1. The minimum atomic E-state index is -0.588. The summed E-state index contributed by atoms with van der Waals surface area (Å²) >= 11 is 7.44. The van der Waals surface area contributed by atoms with Crippen molar-refractivity contribution in [1.29, 1.82) is 0 Å². The Balaban J connectivity index is 1.89. The standard InChI is InChI=1S/C17H13ClFNO2S/c18-12-5-6-16(19)15(9-12)17(21)20(10-13-3-1-7-22-13)11-14-4-2-8-23-14/h1-9H,10-11H2. The first kappa shape index (κ1) is 15.8. The fraction of sp³-hybridized carbons (Fsp3) is 0.118. The lowest BCUT2D eigenvalue weighted by molar-refractivity contribution is 0.0714. The molecule has 3 rings (SSSR count). The molecule has 0 radical (unpaired) electrons.